The third-order valence-corrected chi connectivity index (χ3v) is 3.11. The fraction of sp³-hybridized carbons (Fsp3) is 0.143. The topological polar surface area (TPSA) is 64.8 Å². The lowest BCUT2D eigenvalue weighted by Crippen LogP contribution is -2.26. The number of carbonyl (C=O) groups is 1. The molecule has 5 nitrogen and oxygen atoms in total. The molecule has 0 radical (unpaired) electrons. The van der Waals surface area contributed by atoms with Crippen LogP contribution in [0.25, 0.3) is 10.9 Å². The predicted molar refractivity (Wildman–Crippen MR) is 72.7 cm³/mol. The van der Waals surface area contributed by atoms with E-state index in [4.69, 9.17) is 0 Å². The van der Waals surface area contributed by atoms with Gasteiger partial charge in [-0.15, -0.1) is 0 Å². The van der Waals surface area contributed by atoms with Gasteiger partial charge in [-0.2, -0.15) is 0 Å². The lowest BCUT2D eigenvalue weighted by atomic mass is 10.1. The third-order valence-electron chi connectivity index (χ3n) is 3.11. The summed E-state index contributed by atoms with van der Waals surface area (Å²) in [5.74, 6) is 0.749. The Kier molecular flexibility index (Phi) is 2.79. The second kappa shape index (κ2) is 4.61. The van der Waals surface area contributed by atoms with E-state index in [1.807, 2.05) is 30.5 Å². The van der Waals surface area contributed by atoms with Crippen LogP contribution in [0, 0.1) is 0 Å². The van der Waals surface area contributed by atoms with Gasteiger partial charge in [-0.1, -0.05) is 12.1 Å². The maximum atomic E-state index is 12.4. The van der Waals surface area contributed by atoms with Crippen molar-refractivity contribution in [3.05, 3.63) is 54.2 Å². The first-order valence-electron chi connectivity index (χ1n) is 6.05. The number of H-pyrrole nitrogens is 2. The van der Waals surface area contributed by atoms with Crippen LogP contribution < -0.4 is 0 Å². The number of benzene rings is 1. The summed E-state index contributed by atoms with van der Waals surface area (Å²) in [6, 6.07) is 7.66. The Bertz CT molecular complexity index is 699. The number of amides is 1. The van der Waals surface area contributed by atoms with Crippen molar-refractivity contribution in [3.63, 3.8) is 0 Å². The average molecular weight is 254 g/mol. The van der Waals surface area contributed by atoms with Gasteiger partial charge < -0.3 is 14.9 Å². The summed E-state index contributed by atoms with van der Waals surface area (Å²) >= 11 is 0. The summed E-state index contributed by atoms with van der Waals surface area (Å²) in [6.07, 6.45) is 5.27. The van der Waals surface area contributed by atoms with Gasteiger partial charge in [-0.3, -0.25) is 4.79 Å². The van der Waals surface area contributed by atoms with Gasteiger partial charge in [0.2, 0.25) is 0 Å². The van der Waals surface area contributed by atoms with E-state index in [9.17, 15) is 4.79 Å². The largest absolute Gasteiger partial charge is 0.361 e. The smallest absolute Gasteiger partial charge is 0.256 e. The summed E-state index contributed by atoms with van der Waals surface area (Å²) in [5.41, 5.74) is 1.55. The molecule has 1 aromatic carbocycles. The van der Waals surface area contributed by atoms with Crippen LogP contribution in [0.2, 0.25) is 0 Å². The maximum Gasteiger partial charge on any atom is 0.256 e. The lowest BCUT2D eigenvalue weighted by molar-refractivity contribution is 0.0783. The number of carbonyl (C=O) groups excluding carboxylic acids is 1. The van der Waals surface area contributed by atoms with Crippen LogP contribution in [0.5, 0.6) is 0 Å². The van der Waals surface area contributed by atoms with Gasteiger partial charge in [0.05, 0.1) is 17.6 Å². The number of hydrogen-bond acceptors (Lipinski definition) is 2. The molecule has 5 heteroatoms. The zero-order valence-electron chi connectivity index (χ0n) is 10.6. The molecule has 0 saturated carbocycles. The van der Waals surface area contributed by atoms with E-state index in [-0.39, 0.29) is 5.91 Å². The number of nitrogens with zero attached hydrogens (tertiary/aromatic N) is 2. The standard InChI is InChI=1S/C14H14N4O/c1-18(9-12-15-7-8-16-12)14(19)11-4-2-3-10-5-6-17-13(10)11/h2-8,17H,9H2,1H3,(H,15,16). The minimum Gasteiger partial charge on any atom is -0.361 e. The first kappa shape index (κ1) is 11.5. The molecule has 0 atom stereocenters. The van der Waals surface area contributed by atoms with Gasteiger partial charge >= 0.3 is 0 Å². The van der Waals surface area contributed by atoms with Gasteiger partial charge in [0.15, 0.2) is 0 Å². The Balaban J connectivity index is 1.89. The van der Waals surface area contributed by atoms with Crippen LogP contribution in [0.3, 0.4) is 0 Å². The minimum absolute atomic E-state index is 0.0237. The number of aromatic nitrogens is 3. The molecule has 0 aliphatic rings. The Labute approximate surface area is 110 Å². The van der Waals surface area contributed by atoms with E-state index in [0.717, 1.165) is 16.7 Å². The molecule has 96 valence electrons. The number of hydrogen-bond donors (Lipinski definition) is 2. The second-order valence-electron chi connectivity index (χ2n) is 4.44. The molecule has 0 aliphatic carbocycles. The van der Waals surface area contributed by atoms with Gasteiger partial charge in [-0.05, 0) is 12.1 Å². The van der Waals surface area contributed by atoms with Crippen molar-refractivity contribution in [2.24, 2.45) is 0 Å². The number of aromatic amines is 2. The molecule has 0 aliphatic heterocycles. The molecule has 3 aromatic rings. The number of para-hydroxylation sites is 1. The summed E-state index contributed by atoms with van der Waals surface area (Å²) in [7, 11) is 1.77. The monoisotopic (exact) mass is 254 g/mol. The van der Waals surface area contributed by atoms with Crippen molar-refractivity contribution in [3.8, 4) is 0 Å². The number of rotatable bonds is 3. The highest BCUT2D eigenvalue weighted by Crippen LogP contribution is 2.18. The molecular weight excluding hydrogens is 240 g/mol. The molecule has 0 fully saturated rings. The highest BCUT2D eigenvalue weighted by molar-refractivity contribution is 6.05. The van der Waals surface area contributed by atoms with E-state index in [1.54, 1.807) is 24.3 Å². The van der Waals surface area contributed by atoms with Crippen LogP contribution in [0.1, 0.15) is 16.2 Å². The van der Waals surface area contributed by atoms with Crippen LogP contribution in [-0.4, -0.2) is 32.8 Å². The third kappa shape index (κ3) is 2.10. The molecule has 1 amide bonds. The molecule has 0 unspecified atom stereocenters. The molecule has 2 aromatic heterocycles. The molecule has 2 N–H and O–H groups in total. The molecular formula is C14H14N4O. The highest BCUT2D eigenvalue weighted by Gasteiger charge is 2.16. The highest BCUT2D eigenvalue weighted by atomic mass is 16.2. The minimum atomic E-state index is -0.0237. The van der Waals surface area contributed by atoms with E-state index in [2.05, 4.69) is 15.0 Å². The summed E-state index contributed by atoms with van der Waals surface area (Å²) in [6.45, 7) is 0.461. The molecule has 0 bridgehead atoms. The summed E-state index contributed by atoms with van der Waals surface area (Å²) < 4.78 is 0. The predicted octanol–water partition coefficient (Wildman–Crippen LogP) is 2.16. The van der Waals surface area contributed by atoms with Crippen molar-refractivity contribution in [2.45, 2.75) is 6.54 Å². The van der Waals surface area contributed by atoms with Crippen LogP contribution >= 0.6 is 0 Å². The van der Waals surface area contributed by atoms with Crippen molar-refractivity contribution in [2.75, 3.05) is 7.05 Å². The Morgan fingerprint density at radius 3 is 2.95 bits per heavy atom. The van der Waals surface area contributed by atoms with E-state index < -0.39 is 0 Å². The van der Waals surface area contributed by atoms with Crippen LogP contribution in [0.15, 0.2) is 42.9 Å². The van der Waals surface area contributed by atoms with E-state index in [1.165, 1.54) is 0 Å². The molecule has 0 spiro atoms. The maximum absolute atomic E-state index is 12.4. The quantitative estimate of drug-likeness (QED) is 0.752. The second-order valence-corrected chi connectivity index (χ2v) is 4.44. The van der Waals surface area contributed by atoms with Gasteiger partial charge in [-0.25, -0.2) is 4.98 Å². The van der Waals surface area contributed by atoms with Crippen molar-refractivity contribution in [1.29, 1.82) is 0 Å². The molecule has 19 heavy (non-hydrogen) atoms. The number of fused-ring (bicyclic) bond motifs is 1. The summed E-state index contributed by atoms with van der Waals surface area (Å²) in [5, 5.41) is 1.04. The molecule has 0 saturated heterocycles. The van der Waals surface area contributed by atoms with Crippen molar-refractivity contribution < 1.29 is 4.79 Å². The summed E-state index contributed by atoms with van der Waals surface area (Å²) in [4.78, 5) is 24.3. The fourth-order valence-corrected chi connectivity index (χ4v) is 2.15. The van der Waals surface area contributed by atoms with Crippen LogP contribution in [0.4, 0.5) is 0 Å². The molecule has 2 heterocycles. The SMILES string of the molecule is CN(Cc1ncc[nH]1)C(=O)c1cccc2cc[nH]c12. The number of nitrogens with one attached hydrogen (secondary N) is 2. The van der Waals surface area contributed by atoms with Crippen molar-refractivity contribution in [1.82, 2.24) is 19.9 Å². The normalized spacial score (nSPS) is 10.8. The number of imidazole rings is 1. The first-order valence-corrected chi connectivity index (χ1v) is 6.05. The van der Waals surface area contributed by atoms with E-state index >= 15 is 0 Å². The first-order chi connectivity index (χ1) is 9.25. The molecule has 3 rings (SSSR count). The van der Waals surface area contributed by atoms with E-state index in [0.29, 0.717) is 12.1 Å². The zero-order valence-corrected chi connectivity index (χ0v) is 10.6. The van der Waals surface area contributed by atoms with Gasteiger partial charge in [0.1, 0.15) is 5.82 Å². The Morgan fingerprint density at radius 1 is 1.26 bits per heavy atom. The lowest BCUT2D eigenvalue weighted by Gasteiger charge is -2.16. The van der Waals surface area contributed by atoms with Gasteiger partial charge in [0, 0.05) is 31.0 Å². The fourth-order valence-electron chi connectivity index (χ4n) is 2.15. The Morgan fingerprint density at radius 2 is 2.16 bits per heavy atom. The van der Waals surface area contributed by atoms with Crippen LogP contribution in [-0.2, 0) is 6.54 Å². The van der Waals surface area contributed by atoms with Crippen molar-refractivity contribution >= 4 is 16.8 Å². The average Bonchev–Trinajstić information content (AvgIpc) is 3.07. The van der Waals surface area contributed by atoms with Gasteiger partial charge in [0.25, 0.3) is 5.91 Å². The Hall–Kier alpha value is -2.56. The zero-order chi connectivity index (χ0) is 13.2.